The van der Waals surface area contributed by atoms with Gasteiger partial charge >= 0.3 is 0 Å². The van der Waals surface area contributed by atoms with Crippen LogP contribution in [0, 0.1) is 29.6 Å². The Bertz CT molecular complexity index is 182. The summed E-state index contributed by atoms with van der Waals surface area (Å²) < 4.78 is 0. The summed E-state index contributed by atoms with van der Waals surface area (Å²) in [6.07, 6.45) is 8.28. The first-order chi connectivity index (χ1) is 8.53. The lowest BCUT2D eigenvalue weighted by atomic mass is 9.67. The average Bonchev–Trinajstić information content (AvgIpc) is 2.34. The lowest BCUT2D eigenvalue weighted by Gasteiger charge is -2.38. The van der Waals surface area contributed by atoms with Gasteiger partial charge in [-0.25, -0.2) is 0 Å². The third kappa shape index (κ3) is 5.33. The Hall–Kier alpha value is 0. The molecule has 0 aliphatic carbocycles. The fourth-order valence-corrected chi connectivity index (χ4v) is 3.90. The quantitative estimate of drug-likeness (QED) is 0.415. The maximum atomic E-state index is 2.48. The van der Waals surface area contributed by atoms with E-state index in [1.165, 1.54) is 38.5 Å². The highest BCUT2D eigenvalue weighted by Crippen LogP contribution is 2.40. The van der Waals surface area contributed by atoms with Crippen LogP contribution in [-0.2, 0) is 0 Å². The molecule has 0 fully saturated rings. The first-order valence-electron chi connectivity index (χ1n) is 8.53. The Morgan fingerprint density at radius 3 is 1.44 bits per heavy atom. The third-order valence-electron chi connectivity index (χ3n) is 5.05. The van der Waals surface area contributed by atoms with Gasteiger partial charge in [0.05, 0.1) is 0 Å². The topological polar surface area (TPSA) is 0 Å². The van der Waals surface area contributed by atoms with Crippen LogP contribution >= 0.6 is 0 Å². The van der Waals surface area contributed by atoms with E-state index in [2.05, 4.69) is 48.5 Å². The van der Waals surface area contributed by atoms with E-state index < -0.39 is 0 Å². The zero-order chi connectivity index (χ0) is 14.1. The minimum absolute atomic E-state index is 0.843. The van der Waals surface area contributed by atoms with Crippen LogP contribution in [-0.4, -0.2) is 0 Å². The van der Waals surface area contributed by atoms with E-state index in [9.17, 15) is 0 Å². The molecule has 0 nitrogen and oxygen atoms in total. The maximum Gasteiger partial charge on any atom is -0.0353 e. The molecule has 0 amide bonds. The van der Waals surface area contributed by atoms with Crippen molar-refractivity contribution >= 4 is 0 Å². The zero-order valence-electron chi connectivity index (χ0n) is 14.1. The second-order valence-corrected chi connectivity index (χ2v) is 6.61. The Kier molecular flexibility index (Phi) is 9.87. The second-order valence-electron chi connectivity index (χ2n) is 6.61. The van der Waals surface area contributed by atoms with E-state index in [0.29, 0.717) is 0 Å². The summed E-state index contributed by atoms with van der Waals surface area (Å²) in [6.45, 7) is 16.8. The molecule has 0 saturated heterocycles. The predicted molar refractivity (Wildman–Crippen MR) is 84.9 cm³/mol. The molecule has 0 aliphatic rings. The molecule has 0 radical (unpaired) electrons. The Morgan fingerprint density at radius 1 is 0.611 bits per heavy atom. The van der Waals surface area contributed by atoms with Gasteiger partial charge in [0.1, 0.15) is 0 Å². The first-order valence-corrected chi connectivity index (χ1v) is 8.53. The lowest BCUT2D eigenvalue weighted by Crippen LogP contribution is -2.30. The molecule has 0 rings (SSSR count). The fourth-order valence-electron chi connectivity index (χ4n) is 3.90. The summed E-state index contributed by atoms with van der Waals surface area (Å²) in [5.74, 6) is 4.57. The molecule has 0 heteroatoms. The largest absolute Gasteiger partial charge is 0.0654 e. The van der Waals surface area contributed by atoms with Gasteiger partial charge in [-0.3, -0.25) is 0 Å². The molecular formula is C18H38. The molecule has 0 aromatic rings. The van der Waals surface area contributed by atoms with Gasteiger partial charge in [0.2, 0.25) is 0 Å². The molecule has 0 N–H and O–H groups in total. The molecule has 110 valence electrons. The lowest BCUT2D eigenvalue weighted by molar-refractivity contribution is 0.110. The summed E-state index contributed by atoms with van der Waals surface area (Å²) in [4.78, 5) is 0. The molecule has 0 spiro atoms. The van der Waals surface area contributed by atoms with Crippen LogP contribution in [0.25, 0.3) is 0 Å². The van der Waals surface area contributed by atoms with Crippen molar-refractivity contribution in [2.24, 2.45) is 29.6 Å². The van der Waals surface area contributed by atoms with Crippen molar-refractivity contribution in [3.63, 3.8) is 0 Å². The normalized spacial score (nSPS) is 18.7. The molecule has 4 unspecified atom stereocenters. The van der Waals surface area contributed by atoms with Crippen LogP contribution in [0.1, 0.15) is 87.0 Å². The Labute approximate surface area is 117 Å². The fraction of sp³-hybridized carbons (Fsp3) is 1.00. The van der Waals surface area contributed by atoms with Gasteiger partial charge < -0.3 is 0 Å². The molecule has 0 saturated carbocycles. The summed E-state index contributed by atoms with van der Waals surface area (Å²) >= 11 is 0. The molecular weight excluding hydrogens is 216 g/mol. The summed E-state index contributed by atoms with van der Waals surface area (Å²) in [5, 5.41) is 0. The van der Waals surface area contributed by atoms with Crippen molar-refractivity contribution in [1.82, 2.24) is 0 Å². The minimum Gasteiger partial charge on any atom is -0.0654 e. The minimum atomic E-state index is 0.843. The number of hydrogen-bond donors (Lipinski definition) is 0. The Balaban J connectivity index is 4.98. The van der Waals surface area contributed by atoms with E-state index in [4.69, 9.17) is 0 Å². The zero-order valence-corrected chi connectivity index (χ0v) is 14.1. The van der Waals surface area contributed by atoms with Crippen molar-refractivity contribution < 1.29 is 0 Å². The van der Waals surface area contributed by atoms with Gasteiger partial charge in [-0.2, -0.15) is 0 Å². The molecule has 0 bridgehead atoms. The Morgan fingerprint density at radius 2 is 1.11 bits per heavy atom. The molecule has 0 aromatic carbocycles. The molecule has 0 aromatic heterocycles. The molecule has 4 atom stereocenters. The first kappa shape index (κ1) is 18.0. The maximum absolute atomic E-state index is 2.48. The predicted octanol–water partition coefficient (Wildman–Crippen LogP) is 6.55. The molecule has 0 aliphatic heterocycles. The van der Waals surface area contributed by atoms with E-state index in [1.807, 2.05) is 0 Å². The van der Waals surface area contributed by atoms with Gasteiger partial charge in [-0.05, 0) is 29.6 Å². The monoisotopic (exact) mass is 254 g/mol. The van der Waals surface area contributed by atoms with Gasteiger partial charge in [0, 0.05) is 0 Å². The number of rotatable bonds is 10. The summed E-state index contributed by atoms with van der Waals surface area (Å²) in [6, 6.07) is 0. The van der Waals surface area contributed by atoms with Crippen molar-refractivity contribution in [2.45, 2.75) is 87.0 Å². The molecule has 0 heterocycles. The van der Waals surface area contributed by atoms with Crippen molar-refractivity contribution in [2.75, 3.05) is 0 Å². The standard InChI is InChI=1S/C18H38/c1-8-12-17(15(7)10-3)18(13-9-2)16(11-4)14(5)6/h14-18H,8-13H2,1-7H3. The van der Waals surface area contributed by atoms with Crippen LogP contribution in [0.5, 0.6) is 0 Å². The van der Waals surface area contributed by atoms with Crippen molar-refractivity contribution in [3.05, 3.63) is 0 Å². The van der Waals surface area contributed by atoms with Gasteiger partial charge in [-0.15, -0.1) is 0 Å². The van der Waals surface area contributed by atoms with Crippen LogP contribution in [0.3, 0.4) is 0 Å². The van der Waals surface area contributed by atoms with E-state index >= 15 is 0 Å². The smallest absolute Gasteiger partial charge is 0.0353 e. The number of hydrogen-bond acceptors (Lipinski definition) is 0. The average molecular weight is 255 g/mol. The van der Waals surface area contributed by atoms with Crippen molar-refractivity contribution in [1.29, 1.82) is 0 Å². The van der Waals surface area contributed by atoms with Gasteiger partial charge in [0.15, 0.2) is 0 Å². The van der Waals surface area contributed by atoms with Crippen molar-refractivity contribution in [3.8, 4) is 0 Å². The van der Waals surface area contributed by atoms with E-state index in [1.54, 1.807) is 0 Å². The van der Waals surface area contributed by atoms with E-state index in [-0.39, 0.29) is 0 Å². The summed E-state index contributed by atoms with van der Waals surface area (Å²) in [5.41, 5.74) is 0. The SMILES string of the molecule is CCCC(C(C)CC)C(CCC)C(CC)C(C)C. The second kappa shape index (κ2) is 9.87. The third-order valence-corrected chi connectivity index (χ3v) is 5.05. The van der Waals surface area contributed by atoms with Gasteiger partial charge in [-0.1, -0.05) is 87.0 Å². The van der Waals surface area contributed by atoms with Gasteiger partial charge in [0.25, 0.3) is 0 Å². The van der Waals surface area contributed by atoms with Crippen LogP contribution in [0.4, 0.5) is 0 Å². The van der Waals surface area contributed by atoms with Crippen LogP contribution in [0.15, 0.2) is 0 Å². The summed E-state index contributed by atoms with van der Waals surface area (Å²) in [7, 11) is 0. The molecule has 18 heavy (non-hydrogen) atoms. The highest BCUT2D eigenvalue weighted by atomic mass is 14.4. The highest BCUT2D eigenvalue weighted by Gasteiger charge is 2.31. The van der Waals surface area contributed by atoms with Crippen LogP contribution in [0.2, 0.25) is 0 Å². The highest BCUT2D eigenvalue weighted by molar-refractivity contribution is 4.81. The van der Waals surface area contributed by atoms with Crippen LogP contribution < -0.4 is 0 Å². The van der Waals surface area contributed by atoms with E-state index in [0.717, 1.165) is 29.6 Å².